The van der Waals surface area contributed by atoms with Gasteiger partial charge in [-0.15, -0.1) is 0 Å². The summed E-state index contributed by atoms with van der Waals surface area (Å²) in [5.74, 6) is 1.70. The van der Waals surface area contributed by atoms with Crippen LogP contribution in [0.5, 0.6) is 17.2 Å². The van der Waals surface area contributed by atoms with Crippen molar-refractivity contribution in [1.29, 1.82) is 0 Å². The van der Waals surface area contributed by atoms with Gasteiger partial charge in [0.1, 0.15) is 23.4 Å². The van der Waals surface area contributed by atoms with E-state index in [2.05, 4.69) is 17.4 Å². The number of benzene rings is 3. The van der Waals surface area contributed by atoms with Gasteiger partial charge in [0.2, 0.25) is 0 Å². The fraction of sp³-hybridized carbons (Fsp3) is 0.400. The molecule has 3 aromatic carbocycles. The number of nitrogens with zero attached hydrogens (tertiary/aromatic N) is 2. The van der Waals surface area contributed by atoms with Crippen LogP contribution in [0, 0.1) is 0 Å². The van der Waals surface area contributed by atoms with Crippen LogP contribution in [0.15, 0.2) is 84.9 Å². The third-order valence-electron chi connectivity index (χ3n) is 7.91. The molecule has 3 amide bonds. The Bertz CT molecular complexity index is 1360. The normalized spacial score (nSPS) is 16.8. The highest BCUT2D eigenvalue weighted by molar-refractivity contribution is 5.72. The van der Waals surface area contributed by atoms with Crippen molar-refractivity contribution in [3.63, 3.8) is 0 Å². The van der Waals surface area contributed by atoms with Crippen LogP contribution in [0.1, 0.15) is 50.5 Å². The quantitative estimate of drug-likeness (QED) is 0.242. The van der Waals surface area contributed by atoms with Gasteiger partial charge in [0.05, 0.1) is 0 Å². The summed E-state index contributed by atoms with van der Waals surface area (Å²) in [5.41, 5.74) is 1.29. The average molecular weight is 616 g/mol. The number of carbonyl (C=O) groups is 3. The fourth-order valence-corrected chi connectivity index (χ4v) is 5.42. The topological polar surface area (TPSA) is 107 Å². The van der Waals surface area contributed by atoms with E-state index >= 15 is 0 Å². The van der Waals surface area contributed by atoms with E-state index in [0.29, 0.717) is 62.7 Å². The van der Waals surface area contributed by atoms with E-state index < -0.39 is 24.5 Å². The first kappa shape index (κ1) is 31.7. The van der Waals surface area contributed by atoms with Crippen molar-refractivity contribution in [2.24, 2.45) is 0 Å². The van der Waals surface area contributed by atoms with Gasteiger partial charge < -0.3 is 29.2 Å². The summed E-state index contributed by atoms with van der Waals surface area (Å²) < 4.78 is 22.7. The molecule has 0 bridgehead atoms. The summed E-state index contributed by atoms with van der Waals surface area (Å²) in [4.78, 5) is 41.4. The van der Waals surface area contributed by atoms with Crippen molar-refractivity contribution in [1.82, 2.24) is 15.1 Å². The molecule has 0 saturated carbocycles. The number of aryl methyl sites for hydroxylation is 1. The molecule has 45 heavy (non-hydrogen) atoms. The Kier molecular flexibility index (Phi) is 11.5. The lowest BCUT2D eigenvalue weighted by Gasteiger charge is -2.36. The molecule has 2 aliphatic rings. The number of unbranched alkanes of at least 4 members (excludes halogenated alkanes) is 1. The number of para-hydroxylation sites is 1. The molecule has 0 spiro atoms. The number of hydrogen-bond acceptors (Lipinski definition) is 7. The Morgan fingerprint density at radius 3 is 2.09 bits per heavy atom. The Morgan fingerprint density at radius 2 is 1.36 bits per heavy atom. The van der Waals surface area contributed by atoms with Gasteiger partial charge in [0.15, 0.2) is 6.23 Å². The zero-order chi connectivity index (χ0) is 31.3. The Balaban J connectivity index is 1.00. The third-order valence-corrected chi connectivity index (χ3v) is 7.91. The van der Waals surface area contributed by atoms with Crippen LogP contribution in [0.3, 0.4) is 0 Å². The number of amides is 3. The first-order valence-corrected chi connectivity index (χ1v) is 15.8. The van der Waals surface area contributed by atoms with Crippen molar-refractivity contribution in [2.75, 3.05) is 26.2 Å². The van der Waals surface area contributed by atoms with Crippen LogP contribution in [0.4, 0.5) is 14.4 Å². The molecule has 2 aliphatic heterocycles. The molecule has 10 nitrogen and oxygen atoms in total. The van der Waals surface area contributed by atoms with Gasteiger partial charge in [0, 0.05) is 45.4 Å². The molecule has 238 valence electrons. The Hall–Kier alpha value is -4.73. The van der Waals surface area contributed by atoms with Crippen LogP contribution in [-0.4, -0.2) is 66.6 Å². The molecule has 2 saturated heterocycles. The lowest BCUT2D eigenvalue weighted by molar-refractivity contribution is -0.0405. The first-order valence-electron chi connectivity index (χ1n) is 15.8. The number of likely N-dealkylation sites (tertiary alicyclic amines) is 2. The van der Waals surface area contributed by atoms with Gasteiger partial charge in [0.25, 0.3) is 0 Å². The van der Waals surface area contributed by atoms with Crippen LogP contribution in [-0.2, 0) is 15.9 Å². The van der Waals surface area contributed by atoms with Crippen LogP contribution in [0.25, 0.3) is 0 Å². The Labute approximate surface area is 264 Å². The number of hydrogen-bond donors (Lipinski definition) is 1. The molecule has 10 heteroatoms. The standard InChI is InChI=1S/C35H41N3O7/c39-33(36-23-9-7-13-27-11-3-1-4-12-27)43-31-21-25-37(26-22-31)34(40)45-32-16-8-10-24-38(32)35(41)44-30-19-17-29(18-20-30)42-28-14-5-2-6-15-28/h1-6,11-12,14-15,17-20,31-32H,7-10,13,16,21-26H2,(H,36,39). The lowest BCUT2D eigenvalue weighted by atomic mass is 10.1. The van der Waals surface area contributed by atoms with E-state index in [9.17, 15) is 14.4 Å². The number of rotatable bonds is 10. The molecule has 5 rings (SSSR count). The molecule has 0 aliphatic carbocycles. The van der Waals surface area contributed by atoms with Crippen molar-refractivity contribution in [3.8, 4) is 17.2 Å². The average Bonchev–Trinajstić information content (AvgIpc) is 3.07. The van der Waals surface area contributed by atoms with Crippen molar-refractivity contribution in [2.45, 2.75) is 63.7 Å². The lowest BCUT2D eigenvalue weighted by Crippen LogP contribution is -2.50. The summed E-state index contributed by atoms with van der Waals surface area (Å²) >= 11 is 0. The Morgan fingerprint density at radius 1 is 0.689 bits per heavy atom. The third kappa shape index (κ3) is 9.89. The molecular weight excluding hydrogens is 574 g/mol. The van der Waals surface area contributed by atoms with Gasteiger partial charge in [-0.1, -0.05) is 48.5 Å². The summed E-state index contributed by atoms with van der Waals surface area (Å²) in [5, 5.41) is 2.83. The monoisotopic (exact) mass is 615 g/mol. The molecule has 2 heterocycles. The molecule has 2 fully saturated rings. The van der Waals surface area contributed by atoms with E-state index in [0.717, 1.165) is 32.1 Å². The van der Waals surface area contributed by atoms with Crippen molar-refractivity contribution >= 4 is 18.3 Å². The second kappa shape index (κ2) is 16.4. The largest absolute Gasteiger partial charge is 0.457 e. The van der Waals surface area contributed by atoms with E-state index in [1.54, 1.807) is 29.2 Å². The van der Waals surface area contributed by atoms with Crippen molar-refractivity contribution in [3.05, 3.63) is 90.5 Å². The molecule has 1 unspecified atom stereocenters. The second-order valence-electron chi connectivity index (χ2n) is 11.2. The summed E-state index contributed by atoms with van der Waals surface area (Å²) in [7, 11) is 0. The smallest absolute Gasteiger partial charge is 0.418 e. The van der Waals surface area contributed by atoms with Crippen LogP contribution in [0.2, 0.25) is 0 Å². The van der Waals surface area contributed by atoms with E-state index in [1.165, 1.54) is 10.5 Å². The van der Waals surface area contributed by atoms with E-state index in [-0.39, 0.29) is 6.10 Å². The zero-order valence-electron chi connectivity index (χ0n) is 25.5. The molecule has 0 radical (unpaired) electrons. The zero-order valence-corrected chi connectivity index (χ0v) is 25.5. The van der Waals surface area contributed by atoms with Crippen LogP contribution >= 0.6 is 0 Å². The van der Waals surface area contributed by atoms with E-state index in [1.807, 2.05) is 48.5 Å². The minimum absolute atomic E-state index is 0.260. The number of alkyl carbamates (subject to hydrolysis) is 1. The minimum atomic E-state index is -0.707. The number of piperidine rings is 2. The van der Waals surface area contributed by atoms with Crippen LogP contribution < -0.4 is 14.8 Å². The highest BCUT2D eigenvalue weighted by Crippen LogP contribution is 2.26. The summed E-state index contributed by atoms with van der Waals surface area (Å²) in [6, 6.07) is 26.5. The van der Waals surface area contributed by atoms with Gasteiger partial charge in [-0.2, -0.15) is 0 Å². The predicted octanol–water partition coefficient (Wildman–Crippen LogP) is 7.14. The summed E-state index contributed by atoms with van der Waals surface area (Å²) in [6.45, 7) is 1.80. The molecule has 3 aromatic rings. The maximum atomic E-state index is 13.0. The predicted molar refractivity (Wildman–Crippen MR) is 168 cm³/mol. The van der Waals surface area contributed by atoms with Gasteiger partial charge in [-0.05, 0) is 74.1 Å². The highest BCUT2D eigenvalue weighted by atomic mass is 16.6. The molecule has 1 atom stereocenters. The number of ether oxygens (including phenoxy) is 4. The maximum Gasteiger partial charge on any atom is 0.418 e. The number of carbonyl (C=O) groups excluding carboxylic acids is 3. The highest BCUT2D eigenvalue weighted by Gasteiger charge is 2.34. The van der Waals surface area contributed by atoms with E-state index in [4.69, 9.17) is 18.9 Å². The molecule has 0 aromatic heterocycles. The fourth-order valence-electron chi connectivity index (χ4n) is 5.42. The van der Waals surface area contributed by atoms with Gasteiger partial charge in [-0.3, -0.25) is 4.90 Å². The second-order valence-corrected chi connectivity index (χ2v) is 11.2. The SMILES string of the molecule is O=C(NCCCCc1ccccc1)OC1CCN(C(=O)OC2CCCCN2C(=O)Oc2ccc(Oc3ccccc3)cc2)CC1. The van der Waals surface area contributed by atoms with Crippen molar-refractivity contribution < 1.29 is 33.3 Å². The molecular formula is C35H41N3O7. The first-order chi connectivity index (χ1) is 22.0. The summed E-state index contributed by atoms with van der Waals surface area (Å²) in [6.07, 6.45) is 3.61. The molecule has 1 N–H and O–H groups in total. The van der Waals surface area contributed by atoms with Gasteiger partial charge in [-0.25, -0.2) is 14.4 Å². The maximum absolute atomic E-state index is 13.0. The minimum Gasteiger partial charge on any atom is -0.457 e. The van der Waals surface area contributed by atoms with Gasteiger partial charge >= 0.3 is 18.3 Å². The number of nitrogens with one attached hydrogen (secondary N) is 1.